The van der Waals surface area contributed by atoms with Crippen molar-refractivity contribution in [1.82, 2.24) is 4.57 Å². The molecule has 18 heavy (non-hydrogen) atoms. The Morgan fingerprint density at radius 2 is 2.22 bits per heavy atom. The zero-order valence-corrected chi connectivity index (χ0v) is 10.1. The van der Waals surface area contributed by atoms with Gasteiger partial charge in [-0.25, -0.2) is 4.79 Å². The number of aromatic carboxylic acids is 1. The summed E-state index contributed by atoms with van der Waals surface area (Å²) < 4.78 is 6.95. The van der Waals surface area contributed by atoms with E-state index >= 15 is 0 Å². The van der Waals surface area contributed by atoms with Gasteiger partial charge in [-0.2, -0.15) is 0 Å². The number of hydrogen-bond donors (Lipinski definition) is 2. The predicted octanol–water partition coefficient (Wildman–Crippen LogP) is 1.73. The first-order valence-corrected chi connectivity index (χ1v) is 5.68. The van der Waals surface area contributed by atoms with Crippen LogP contribution in [0.1, 0.15) is 16.8 Å². The van der Waals surface area contributed by atoms with Crippen LogP contribution in [0.4, 0.5) is 0 Å². The maximum absolute atomic E-state index is 11.2. The lowest BCUT2D eigenvalue weighted by Crippen LogP contribution is -1.99. The number of carbonyl (C=O) groups is 1. The highest BCUT2D eigenvalue weighted by Gasteiger charge is 2.14. The average molecular weight is 249 g/mol. The van der Waals surface area contributed by atoms with Gasteiger partial charge in [0.15, 0.2) is 0 Å². The average Bonchev–Trinajstić information content (AvgIpc) is 2.74. The summed E-state index contributed by atoms with van der Waals surface area (Å²) in [5.41, 5.74) is 1.09. The second kappa shape index (κ2) is 5.10. The number of aryl methyl sites for hydroxylation is 1. The summed E-state index contributed by atoms with van der Waals surface area (Å²) in [6.45, 7) is 0.671. The number of rotatable bonds is 5. The zero-order chi connectivity index (χ0) is 13.1. The van der Waals surface area contributed by atoms with Crippen LogP contribution in [0.2, 0.25) is 0 Å². The van der Waals surface area contributed by atoms with Crippen molar-refractivity contribution >= 4 is 16.9 Å². The molecule has 5 nitrogen and oxygen atoms in total. The van der Waals surface area contributed by atoms with Gasteiger partial charge in [0.05, 0.1) is 12.7 Å². The Morgan fingerprint density at radius 1 is 1.44 bits per heavy atom. The maximum Gasteiger partial charge on any atom is 0.337 e. The molecule has 2 rings (SSSR count). The molecule has 0 aliphatic carbocycles. The third-order valence-electron chi connectivity index (χ3n) is 2.88. The monoisotopic (exact) mass is 249 g/mol. The van der Waals surface area contributed by atoms with Crippen molar-refractivity contribution in [2.24, 2.45) is 0 Å². The summed E-state index contributed by atoms with van der Waals surface area (Å²) in [6.07, 6.45) is 2.19. The normalized spacial score (nSPS) is 10.8. The van der Waals surface area contributed by atoms with Crippen LogP contribution in [0, 0.1) is 0 Å². The second-order valence-electron chi connectivity index (χ2n) is 4.00. The molecule has 0 bridgehead atoms. The molecule has 0 fully saturated rings. The largest absolute Gasteiger partial charge is 0.497 e. The molecular formula is C13H15NO4. The van der Waals surface area contributed by atoms with Crippen molar-refractivity contribution in [2.75, 3.05) is 13.7 Å². The fourth-order valence-electron chi connectivity index (χ4n) is 2.00. The number of aromatic nitrogens is 1. The smallest absolute Gasteiger partial charge is 0.337 e. The van der Waals surface area contributed by atoms with Crippen molar-refractivity contribution < 1.29 is 19.7 Å². The van der Waals surface area contributed by atoms with E-state index in [1.807, 2.05) is 10.6 Å². The Kier molecular flexibility index (Phi) is 3.53. The molecule has 0 saturated heterocycles. The van der Waals surface area contributed by atoms with Crippen molar-refractivity contribution in [2.45, 2.75) is 13.0 Å². The third kappa shape index (κ3) is 2.17. The highest BCUT2D eigenvalue weighted by molar-refractivity contribution is 6.03. The summed E-state index contributed by atoms with van der Waals surface area (Å²) in [7, 11) is 1.55. The Morgan fingerprint density at radius 3 is 2.83 bits per heavy atom. The van der Waals surface area contributed by atoms with Gasteiger partial charge in [-0.15, -0.1) is 0 Å². The molecule has 0 radical (unpaired) electrons. The van der Waals surface area contributed by atoms with Crippen LogP contribution in [0.15, 0.2) is 24.4 Å². The quantitative estimate of drug-likeness (QED) is 0.846. The van der Waals surface area contributed by atoms with E-state index in [0.717, 1.165) is 5.52 Å². The van der Waals surface area contributed by atoms with E-state index in [1.54, 1.807) is 25.4 Å². The van der Waals surface area contributed by atoms with Gasteiger partial charge in [0, 0.05) is 30.3 Å². The molecule has 2 N–H and O–H groups in total. The van der Waals surface area contributed by atoms with Gasteiger partial charge in [0.1, 0.15) is 5.75 Å². The van der Waals surface area contributed by atoms with Crippen LogP contribution in [-0.2, 0) is 6.54 Å². The first-order chi connectivity index (χ1) is 8.67. The van der Waals surface area contributed by atoms with Crippen molar-refractivity contribution in [1.29, 1.82) is 0 Å². The van der Waals surface area contributed by atoms with Gasteiger partial charge in [-0.1, -0.05) is 0 Å². The Balaban J connectivity index is 2.56. The number of aliphatic hydroxyl groups is 1. The molecule has 1 heterocycles. The lowest BCUT2D eigenvalue weighted by molar-refractivity contribution is 0.0699. The summed E-state index contributed by atoms with van der Waals surface area (Å²) >= 11 is 0. The number of hydrogen-bond acceptors (Lipinski definition) is 3. The summed E-state index contributed by atoms with van der Waals surface area (Å²) in [5.74, 6) is -0.332. The molecule has 0 aliphatic rings. The van der Waals surface area contributed by atoms with Gasteiger partial charge in [0.25, 0.3) is 0 Å². The van der Waals surface area contributed by atoms with Gasteiger partial charge >= 0.3 is 5.97 Å². The topological polar surface area (TPSA) is 71.7 Å². The van der Waals surface area contributed by atoms with Crippen molar-refractivity contribution in [3.8, 4) is 5.75 Å². The predicted molar refractivity (Wildman–Crippen MR) is 67.2 cm³/mol. The van der Waals surface area contributed by atoms with Crippen LogP contribution in [0.3, 0.4) is 0 Å². The highest BCUT2D eigenvalue weighted by Crippen LogP contribution is 2.26. The molecule has 1 aromatic carbocycles. The Hall–Kier alpha value is -2.01. The summed E-state index contributed by atoms with van der Waals surface area (Å²) in [6, 6.07) is 5.34. The molecule has 2 aromatic rings. The van der Waals surface area contributed by atoms with Gasteiger partial charge < -0.3 is 19.5 Å². The number of fused-ring (bicyclic) bond motifs is 1. The van der Waals surface area contributed by atoms with Gasteiger partial charge in [0.2, 0.25) is 0 Å². The lowest BCUT2D eigenvalue weighted by Gasteiger charge is -2.04. The van der Waals surface area contributed by atoms with Crippen LogP contribution in [0.5, 0.6) is 5.75 Å². The van der Waals surface area contributed by atoms with Crippen LogP contribution < -0.4 is 4.74 Å². The number of ether oxygens (including phenoxy) is 1. The van der Waals surface area contributed by atoms with Crippen molar-refractivity contribution in [3.63, 3.8) is 0 Å². The third-order valence-corrected chi connectivity index (χ3v) is 2.88. The van der Waals surface area contributed by atoms with Crippen LogP contribution in [0.25, 0.3) is 10.9 Å². The van der Waals surface area contributed by atoms with Crippen LogP contribution >= 0.6 is 0 Å². The number of carboxylic acid groups (broad SMARTS) is 1. The zero-order valence-electron chi connectivity index (χ0n) is 10.1. The highest BCUT2D eigenvalue weighted by atomic mass is 16.5. The molecule has 0 unspecified atom stereocenters. The number of aliphatic hydroxyl groups excluding tert-OH is 1. The molecular weight excluding hydrogens is 234 g/mol. The minimum absolute atomic E-state index is 0.0816. The van der Waals surface area contributed by atoms with E-state index in [0.29, 0.717) is 24.1 Å². The number of methoxy groups -OCH3 is 1. The van der Waals surface area contributed by atoms with E-state index in [2.05, 4.69) is 0 Å². The van der Waals surface area contributed by atoms with E-state index < -0.39 is 5.97 Å². The number of benzene rings is 1. The molecule has 96 valence electrons. The fraction of sp³-hybridized carbons (Fsp3) is 0.308. The minimum Gasteiger partial charge on any atom is -0.497 e. The lowest BCUT2D eigenvalue weighted by atomic mass is 10.1. The van der Waals surface area contributed by atoms with Gasteiger partial charge in [-0.3, -0.25) is 0 Å². The second-order valence-corrected chi connectivity index (χ2v) is 4.00. The molecule has 1 aromatic heterocycles. The standard InChI is InChI=1S/C13H15NO4/c1-18-9-3-4-12-10(7-9)11(13(16)17)8-14(12)5-2-6-15/h3-4,7-8,15H,2,5-6H2,1H3,(H,16,17). The summed E-state index contributed by atoms with van der Waals surface area (Å²) in [4.78, 5) is 11.2. The van der Waals surface area contributed by atoms with Crippen molar-refractivity contribution in [3.05, 3.63) is 30.0 Å². The molecule has 0 saturated carbocycles. The molecule has 0 spiro atoms. The minimum atomic E-state index is -0.962. The van der Waals surface area contributed by atoms with E-state index in [-0.39, 0.29) is 12.2 Å². The van der Waals surface area contributed by atoms with E-state index in [9.17, 15) is 9.90 Å². The Labute approximate surface area is 104 Å². The maximum atomic E-state index is 11.2. The van der Waals surface area contributed by atoms with Gasteiger partial charge in [-0.05, 0) is 24.6 Å². The number of nitrogens with zero attached hydrogens (tertiary/aromatic N) is 1. The molecule has 0 aliphatic heterocycles. The fourth-order valence-corrected chi connectivity index (χ4v) is 2.00. The SMILES string of the molecule is COc1ccc2c(c1)c(C(=O)O)cn2CCCO. The number of carboxylic acids is 1. The first-order valence-electron chi connectivity index (χ1n) is 5.68. The summed E-state index contributed by atoms with van der Waals surface area (Å²) in [5, 5.41) is 18.7. The van der Waals surface area contributed by atoms with E-state index in [1.165, 1.54) is 0 Å². The molecule has 0 amide bonds. The molecule has 0 atom stereocenters. The van der Waals surface area contributed by atoms with E-state index in [4.69, 9.17) is 9.84 Å². The molecule has 5 heteroatoms. The Bertz CT molecular complexity index is 574. The van der Waals surface area contributed by atoms with Crippen LogP contribution in [-0.4, -0.2) is 34.5 Å². The first kappa shape index (κ1) is 12.4.